The molecule has 0 saturated carbocycles. The van der Waals surface area contributed by atoms with Crippen molar-refractivity contribution in [1.29, 1.82) is 0 Å². The first-order chi connectivity index (χ1) is 8.69. The van der Waals surface area contributed by atoms with Crippen LogP contribution in [0.5, 0.6) is 0 Å². The average molecular weight is 262 g/mol. The highest BCUT2D eigenvalue weighted by Gasteiger charge is 2.02. The number of nitrogens with one attached hydrogen (secondary N) is 1. The maximum atomic E-state index is 5.83. The van der Waals surface area contributed by atoms with E-state index in [1.807, 2.05) is 19.1 Å². The summed E-state index contributed by atoms with van der Waals surface area (Å²) in [5, 5.41) is 3.56. The molecule has 0 radical (unpaired) electrons. The van der Waals surface area contributed by atoms with Crippen LogP contribution < -0.4 is 5.32 Å². The number of anilines is 1. The predicted molar refractivity (Wildman–Crippen MR) is 74.9 cm³/mol. The summed E-state index contributed by atoms with van der Waals surface area (Å²) in [7, 11) is 0. The van der Waals surface area contributed by atoms with Crippen molar-refractivity contribution in [1.82, 2.24) is 9.97 Å². The van der Waals surface area contributed by atoms with E-state index in [1.54, 1.807) is 0 Å². The molecule has 94 valence electrons. The van der Waals surface area contributed by atoms with E-state index in [-0.39, 0.29) is 5.28 Å². The van der Waals surface area contributed by atoms with Gasteiger partial charge in [-0.3, -0.25) is 0 Å². The molecular weight excluding hydrogens is 246 g/mol. The summed E-state index contributed by atoms with van der Waals surface area (Å²) >= 11 is 5.83. The van der Waals surface area contributed by atoms with Crippen molar-refractivity contribution in [2.75, 3.05) is 5.32 Å². The van der Waals surface area contributed by atoms with Gasteiger partial charge < -0.3 is 5.32 Å². The van der Waals surface area contributed by atoms with Crippen molar-refractivity contribution in [3.05, 3.63) is 52.4 Å². The summed E-state index contributed by atoms with van der Waals surface area (Å²) in [6, 6.07) is 10.3. The average Bonchev–Trinajstić information content (AvgIpc) is 2.35. The van der Waals surface area contributed by atoms with Gasteiger partial charge in [-0.15, -0.1) is 0 Å². The number of aryl methyl sites for hydroxylation is 2. The fourth-order valence-electron chi connectivity index (χ4n) is 1.88. The Morgan fingerprint density at radius 3 is 2.56 bits per heavy atom. The zero-order valence-electron chi connectivity index (χ0n) is 10.6. The Balaban J connectivity index is 2.11. The van der Waals surface area contributed by atoms with Crippen LogP contribution in [0.3, 0.4) is 0 Å². The lowest BCUT2D eigenvalue weighted by molar-refractivity contribution is 1.02. The molecule has 0 aliphatic rings. The van der Waals surface area contributed by atoms with E-state index in [1.165, 1.54) is 11.1 Å². The van der Waals surface area contributed by atoms with Crippen LogP contribution in [0.25, 0.3) is 0 Å². The van der Waals surface area contributed by atoms with Gasteiger partial charge in [0.1, 0.15) is 5.82 Å². The lowest BCUT2D eigenvalue weighted by Crippen LogP contribution is -2.05. The maximum absolute atomic E-state index is 5.83. The molecule has 4 heteroatoms. The monoisotopic (exact) mass is 261 g/mol. The van der Waals surface area contributed by atoms with Gasteiger partial charge in [-0.1, -0.05) is 31.2 Å². The number of halogens is 1. The van der Waals surface area contributed by atoms with Gasteiger partial charge in [0, 0.05) is 18.3 Å². The molecule has 0 aliphatic heterocycles. The summed E-state index contributed by atoms with van der Waals surface area (Å²) in [4.78, 5) is 8.19. The highest BCUT2D eigenvalue weighted by Crippen LogP contribution is 2.14. The highest BCUT2D eigenvalue weighted by molar-refractivity contribution is 6.28. The normalized spacial score (nSPS) is 10.4. The first-order valence-electron chi connectivity index (χ1n) is 6.01. The molecule has 0 amide bonds. The number of benzene rings is 1. The Kier molecular flexibility index (Phi) is 4.15. The van der Waals surface area contributed by atoms with Crippen molar-refractivity contribution in [3.63, 3.8) is 0 Å². The Morgan fingerprint density at radius 2 is 1.89 bits per heavy atom. The van der Waals surface area contributed by atoms with E-state index in [4.69, 9.17) is 11.6 Å². The van der Waals surface area contributed by atoms with E-state index >= 15 is 0 Å². The van der Waals surface area contributed by atoms with Gasteiger partial charge in [0.15, 0.2) is 0 Å². The van der Waals surface area contributed by atoms with Gasteiger partial charge >= 0.3 is 0 Å². The van der Waals surface area contributed by atoms with Crippen LogP contribution in [0.15, 0.2) is 30.3 Å². The standard InChI is InChI=1S/C14H16ClN3/c1-3-11-6-4-5-7-12(11)9-16-13-8-10(2)17-14(15)18-13/h4-8H,3,9H2,1-2H3,(H,16,17,18). The highest BCUT2D eigenvalue weighted by atomic mass is 35.5. The molecule has 1 N–H and O–H groups in total. The molecule has 18 heavy (non-hydrogen) atoms. The van der Waals surface area contributed by atoms with Gasteiger partial charge in [-0.25, -0.2) is 9.97 Å². The van der Waals surface area contributed by atoms with Crippen LogP contribution in [0.4, 0.5) is 5.82 Å². The molecule has 0 atom stereocenters. The van der Waals surface area contributed by atoms with Crippen LogP contribution in [0, 0.1) is 6.92 Å². The smallest absolute Gasteiger partial charge is 0.224 e. The number of rotatable bonds is 4. The molecule has 2 rings (SSSR count). The number of hydrogen-bond acceptors (Lipinski definition) is 3. The maximum Gasteiger partial charge on any atom is 0.224 e. The summed E-state index contributed by atoms with van der Waals surface area (Å²) in [6.07, 6.45) is 1.03. The minimum absolute atomic E-state index is 0.279. The van der Waals surface area contributed by atoms with Crippen molar-refractivity contribution in [2.24, 2.45) is 0 Å². The molecular formula is C14H16ClN3. The molecule has 0 saturated heterocycles. The van der Waals surface area contributed by atoms with E-state index < -0.39 is 0 Å². The summed E-state index contributed by atoms with van der Waals surface area (Å²) in [6.45, 7) is 4.81. The third-order valence-electron chi connectivity index (χ3n) is 2.79. The molecule has 1 aromatic heterocycles. The molecule has 0 spiro atoms. The predicted octanol–water partition coefficient (Wildman–Crippen LogP) is 3.61. The Bertz CT molecular complexity index is 520. The SMILES string of the molecule is CCc1ccccc1CNc1cc(C)nc(Cl)n1. The van der Waals surface area contributed by atoms with Crippen LogP contribution in [-0.2, 0) is 13.0 Å². The van der Waals surface area contributed by atoms with E-state index in [9.17, 15) is 0 Å². The minimum atomic E-state index is 0.279. The summed E-state index contributed by atoms with van der Waals surface area (Å²) in [5.41, 5.74) is 3.50. The summed E-state index contributed by atoms with van der Waals surface area (Å²) in [5.74, 6) is 0.762. The Labute approximate surface area is 112 Å². The third kappa shape index (κ3) is 3.20. The minimum Gasteiger partial charge on any atom is -0.366 e. The van der Waals surface area contributed by atoms with Crippen LogP contribution in [0.2, 0.25) is 5.28 Å². The molecule has 0 unspecified atom stereocenters. The van der Waals surface area contributed by atoms with E-state index in [2.05, 4.69) is 40.4 Å². The lowest BCUT2D eigenvalue weighted by Gasteiger charge is -2.10. The summed E-state index contributed by atoms with van der Waals surface area (Å²) < 4.78 is 0. The first-order valence-corrected chi connectivity index (χ1v) is 6.38. The molecule has 1 heterocycles. The molecule has 2 aromatic rings. The lowest BCUT2D eigenvalue weighted by atomic mass is 10.1. The largest absolute Gasteiger partial charge is 0.366 e. The fourth-order valence-corrected chi connectivity index (χ4v) is 2.11. The van der Waals surface area contributed by atoms with Crippen molar-refractivity contribution in [2.45, 2.75) is 26.8 Å². The van der Waals surface area contributed by atoms with Crippen LogP contribution in [-0.4, -0.2) is 9.97 Å². The first kappa shape index (κ1) is 12.8. The van der Waals surface area contributed by atoms with E-state index in [0.717, 1.165) is 24.5 Å². The van der Waals surface area contributed by atoms with Crippen molar-refractivity contribution >= 4 is 17.4 Å². The zero-order chi connectivity index (χ0) is 13.0. The molecule has 0 bridgehead atoms. The number of nitrogens with zero attached hydrogens (tertiary/aromatic N) is 2. The quantitative estimate of drug-likeness (QED) is 0.855. The van der Waals surface area contributed by atoms with Gasteiger partial charge in [-0.05, 0) is 36.1 Å². The molecule has 1 aromatic carbocycles. The topological polar surface area (TPSA) is 37.8 Å². The van der Waals surface area contributed by atoms with Gasteiger partial charge in [0.2, 0.25) is 5.28 Å². The van der Waals surface area contributed by atoms with E-state index in [0.29, 0.717) is 0 Å². The Morgan fingerprint density at radius 1 is 1.17 bits per heavy atom. The number of aromatic nitrogens is 2. The third-order valence-corrected chi connectivity index (χ3v) is 2.96. The second-order valence-corrected chi connectivity index (χ2v) is 4.48. The number of hydrogen-bond donors (Lipinski definition) is 1. The molecule has 3 nitrogen and oxygen atoms in total. The van der Waals surface area contributed by atoms with Gasteiger partial charge in [0.25, 0.3) is 0 Å². The van der Waals surface area contributed by atoms with Crippen molar-refractivity contribution in [3.8, 4) is 0 Å². The van der Waals surface area contributed by atoms with Gasteiger partial charge in [-0.2, -0.15) is 0 Å². The van der Waals surface area contributed by atoms with Gasteiger partial charge in [0.05, 0.1) is 0 Å². The van der Waals surface area contributed by atoms with Crippen LogP contribution in [0.1, 0.15) is 23.7 Å². The molecule has 0 aliphatic carbocycles. The molecule has 0 fully saturated rings. The second-order valence-electron chi connectivity index (χ2n) is 4.14. The van der Waals surface area contributed by atoms with Crippen LogP contribution >= 0.6 is 11.6 Å². The second kappa shape index (κ2) is 5.83. The fraction of sp³-hybridized carbons (Fsp3) is 0.286. The zero-order valence-corrected chi connectivity index (χ0v) is 11.3. The van der Waals surface area contributed by atoms with Crippen molar-refractivity contribution < 1.29 is 0 Å². The Hall–Kier alpha value is -1.61.